The number of nitrogens with zero attached hydrogens (tertiary/aromatic N) is 1. The van der Waals surface area contributed by atoms with Crippen LogP contribution in [0.25, 0.3) is 0 Å². The van der Waals surface area contributed by atoms with Gasteiger partial charge < -0.3 is 10.1 Å². The number of benzene rings is 1. The van der Waals surface area contributed by atoms with Crippen molar-refractivity contribution < 1.29 is 9.53 Å². The molecule has 1 fully saturated rings. The summed E-state index contributed by atoms with van der Waals surface area (Å²) in [5.41, 5.74) is 2.07. The first-order valence-corrected chi connectivity index (χ1v) is 8.02. The summed E-state index contributed by atoms with van der Waals surface area (Å²) in [5, 5.41) is 3.02. The van der Waals surface area contributed by atoms with Gasteiger partial charge in [0.15, 0.2) is 0 Å². The smallest absolute Gasteiger partial charge is 0.238 e. The minimum atomic E-state index is 0.0869. The van der Waals surface area contributed by atoms with E-state index in [1.165, 1.54) is 31.2 Å². The summed E-state index contributed by atoms with van der Waals surface area (Å²) >= 11 is 0. The maximum atomic E-state index is 12.2. The molecule has 21 heavy (non-hydrogen) atoms. The van der Waals surface area contributed by atoms with Gasteiger partial charge in [-0.3, -0.25) is 9.69 Å². The Bertz CT molecular complexity index is 508. The summed E-state index contributed by atoms with van der Waals surface area (Å²) in [5.74, 6) is 1.04. The first kappa shape index (κ1) is 14.4. The van der Waals surface area contributed by atoms with Crippen molar-refractivity contribution in [3.05, 3.63) is 23.8 Å². The number of ether oxygens (including phenoxy) is 1. The fourth-order valence-electron chi connectivity index (χ4n) is 3.20. The Morgan fingerprint density at radius 1 is 1.29 bits per heavy atom. The number of rotatable bonds is 3. The van der Waals surface area contributed by atoms with E-state index in [-0.39, 0.29) is 12.0 Å². The van der Waals surface area contributed by atoms with E-state index >= 15 is 0 Å². The zero-order valence-electron chi connectivity index (χ0n) is 12.7. The molecule has 3 rings (SSSR count). The highest BCUT2D eigenvalue weighted by Gasteiger charge is 2.19. The van der Waals surface area contributed by atoms with Gasteiger partial charge in [-0.15, -0.1) is 0 Å². The van der Waals surface area contributed by atoms with Crippen molar-refractivity contribution in [3.8, 4) is 5.75 Å². The van der Waals surface area contributed by atoms with E-state index in [1.807, 2.05) is 18.2 Å². The first-order valence-electron chi connectivity index (χ1n) is 8.02. The van der Waals surface area contributed by atoms with Crippen LogP contribution in [0.2, 0.25) is 0 Å². The number of carbonyl (C=O) groups is 1. The van der Waals surface area contributed by atoms with Crippen LogP contribution in [-0.4, -0.2) is 36.5 Å². The van der Waals surface area contributed by atoms with Gasteiger partial charge >= 0.3 is 0 Å². The van der Waals surface area contributed by atoms with E-state index in [0.717, 1.165) is 30.9 Å². The van der Waals surface area contributed by atoms with Crippen LogP contribution in [0.5, 0.6) is 5.75 Å². The minimum Gasteiger partial charge on any atom is -0.490 e. The fraction of sp³-hybridized carbons (Fsp3) is 0.588. The van der Waals surface area contributed by atoms with Gasteiger partial charge in [0.25, 0.3) is 0 Å². The molecule has 2 aliphatic heterocycles. The van der Waals surface area contributed by atoms with E-state index in [0.29, 0.717) is 6.54 Å². The molecule has 1 saturated heterocycles. The second-order valence-electron chi connectivity index (χ2n) is 6.19. The maximum Gasteiger partial charge on any atom is 0.238 e. The van der Waals surface area contributed by atoms with Crippen LogP contribution >= 0.6 is 0 Å². The van der Waals surface area contributed by atoms with Gasteiger partial charge in [0.1, 0.15) is 11.9 Å². The van der Waals surface area contributed by atoms with Crippen molar-refractivity contribution in [1.29, 1.82) is 0 Å². The van der Waals surface area contributed by atoms with Crippen molar-refractivity contribution >= 4 is 11.6 Å². The Morgan fingerprint density at radius 3 is 2.81 bits per heavy atom. The summed E-state index contributed by atoms with van der Waals surface area (Å²) in [7, 11) is 0. The topological polar surface area (TPSA) is 41.6 Å². The highest BCUT2D eigenvalue weighted by molar-refractivity contribution is 5.92. The van der Waals surface area contributed by atoms with Crippen LogP contribution in [-0.2, 0) is 11.2 Å². The molecule has 114 valence electrons. The SMILES string of the molecule is CC1Cc2cc(NC(=O)CN3CCCCCC3)ccc2O1. The second-order valence-corrected chi connectivity index (χ2v) is 6.19. The minimum absolute atomic E-state index is 0.0869. The monoisotopic (exact) mass is 288 g/mol. The third kappa shape index (κ3) is 3.76. The van der Waals surface area contributed by atoms with E-state index in [9.17, 15) is 4.79 Å². The molecule has 0 saturated carbocycles. The molecule has 1 unspecified atom stereocenters. The van der Waals surface area contributed by atoms with E-state index < -0.39 is 0 Å². The summed E-state index contributed by atoms with van der Waals surface area (Å²) in [6.45, 7) is 4.66. The molecule has 0 aliphatic carbocycles. The lowest BCUT2D eigenvalue weighted by molar-refractivity contribution is -0.117. The molecule has 1 N–H and O–H groups in total. The van der Waals surface area contributed by atoms with Crippen molar-refractivity contribution in [3.63, 3.8) is 0 Å². The molecule has 2 heterocycles. The fourth-order valence-corrected chi connectivity index (χ4v) is 3.20. The number of nitrogens with one attached hydrogen (secondary N) is 1. The average molecular weight is 288 g/mol. The highest BCUT2D eigenvalue weighted by Crippen LogP contribution is 2.30. The molecule has 0 spiro atoms. The predicted octanol–water partition coefficient (Wildman–Crippen LogP) is 2.82. The molecule has 0 aromatic heterocycles. The van der Waals surface area contributed by atoms with Crippen LogP contribution in [0, 0.1) is 0 Å². The molecule has 1 atom stereocenters. The van der Waals surface area contributed by atoms with Gasteiger partial charge in [0.2, 0.25) is 5.91 Å². The molecular formula is C17H24N2O2. The van der Waals surface area contributed by atoms with Gasteiger partial charge in [-0.1, -0.05) is 12.8 Å². The average Bonchev–Trinajstić information content (AvgIpc) is 2.64. The van der Waals surface area contributed by atoms with Crippen LogP contribution in [0.3, 0.4) is 0 Å². The number of fused-ring (bicyclic) bond motifs is 1. The van der Waals surface area contributed by atoms with Crippen LogP contribution < -0.4 is 10.1 Å². The molecular weight excluding hydrogens is 264 g/mol. The quantitative estimate of drug-likeness (QED) is 0.930. The van der Waals surface area contributed by atoms with Gasteiger partial charge in [-0.25, -0.2) is 0 Å². The second kappa shape index (κ2) is 6.48. The lowest BCUT2D eigenvalue weighted by atomic mass is 10.1. The molecule has 0 bridgehead atoms. The Labute approximate surface area is 126 Å². The van der Waals surface area contributed by atoms with Gasteiger partial charge in [0.05, 0.1) is 6.54 Å². The first-order chi connectivity index (χ1) is 10.2. The molecule has 4 nitrogen and oxygen atoms in total. The number of hydrogen-bond acceptors (Lipinski definition) is 3. The highest BCUT2D eigenvalue weighted by atomic mass is 16.5. The summed E-state index contributed by atoms with van der Waals surface area (Å²) in [4.78, 5) is 14.4. The zero-order chi connectivity index (χ0) is 14.7. The van der Waals surface area contributed by atoms with Crippen LogP contribution in [0.1, 0.15) is 38.2 Å². The largest absolute Gasteiger partial charge is 0.490 e. The standard InChI is InChI=1S/C17H24N2O2/c1-13-10-14-11-15(6-7-16(14)21-13)18-17(20)12-19-8-4-2-3-5-9-19/h6-7,11,13H,2-5,8-10,12H2,1H3,(H,18,20). The van der Waals surface area contributed by atoms with Gasteiger partial charge in [-0.05, 0) is 56.6 Å². The maximum absolute atomic E-state index is 12.2. The third-order valence-electron chi connectivity index (χ3n) is 4.25. The number of likely N-dealkylation sites (tertiary alicyclic amines) is 1. The van der Waals surface area contributed by atoms with Gasteiger partial charge in [0, 0.05) is 12.1 Å². The van der Waals surface area contributed by atoms with Crippen LogP contribution in [0.4, 0.5) is 5.69 Å². The number of anilines is 1. The van der Waals surface area contributed by atoms with Gasteiger partial charge in [-0.2, -0.15) is 0 Å². The molecule has 1 aromatic carbocycles. The van der Waals surface area contributed by atoms with Crippen LogP contribution in [0.15, 0.2) is 18.2 Å². The third-order valence-corrected chi connectivity index (χ3v) is 4.25. The normalized spacial score (nSPS) is 22.2. The molecule has 1 amide bonds. The van der Waals surface area contributed by atoms with Crippen molar-refractivity contribution in [2.24, 2.45) is 0 Å². The summed E-state index contributed by atoms with van der Waals surface area (Å²) < 4.78 is 5.68. The Hall–Kier alpha value is -1.55. The van der Waals surface area contributed by atoms with Crippen molar-refractivity contribution in [2.75, 3.05) is 25.0 Å². The van der Waals surface area contributed by atoms with E-state index in [1.54, 1.807) is 0 Å². The molecule has 0 radical (unpaired) electrons. The lowest BCUT2D eigenvalue weighted by Gasteiger charge is -2.19. The van der Waals surface area contributed by atoms with Crippen molar-refractivity contribution in [1.82, 2.24) is 4.90 Å². The molecule has 1 aromatic rings. The van der Waals surface area contributed by atoms with Crippen molar-refractivity contribution in [2.45, 2.75) is 45.1 Å². The Kier molecular flexibility index (Phi) is 4.44. The van der Waals surface area contributed by atoms with E-state index in [2.05, 4.69) is 17.1 Å². The molecule has 4 heteroatoms. The summed E-state index contributed by atoms with van der Waals surface area (Å²) in [6, 6.07) is 5.93. The summed E-state index contributed by atoms with van der Waals surface area (Å²) in [6.07, 6.45) is 6.17. The Morgan fingerprint density at radius 2 is 2.05 bits per heavy atom. The van der Waals surface area contributed by atoms with E-state index in [4.69, 9.17) is 4.74 Å². The predicted molar refractivity (Wildman–Crippen MR) is 83.8 cm³/mol. The number of hydrogen-bond donors (Lipinski definition) is 1. The number of amides is 1. The molecule has 2 aliphatic rings. The Balaban J connectivity index is 1.56. The lowest BCUT2D eigenvalue weighted by Crippen LogP contribution is -2.33. The number of carbonyl (C=O) groups excluding carboxylic acids is 1. The zero-order valence-corrected chi connectivity index (χ0v) is 12.7.